The normalized spacial score (nSPS) is 22.4. The molecule has 4 nitrogen and oxygen atoms in total. The van der Waals surface area contributed by atoms with E-state index in [1.165, 1.54) is 17.0 Å². The molecule has 204 valence electrons. The summed E-state index contributed by atoms with van der Waals surface area (Å²) in [6, 6.07) is 8.06. The molecule has 0 radical (unpaired) electrons. The van der Waals surface area contributed by atoms with Gasteiger partial charge in [-0.15, -0.1) is 0 Å². The molecule has 1 fully saturated rings. The van der Waals surface area contributed by atoms with Gasteiger partial charge in [-0.2, -0.15) is 26.3 Å². The van der Waals surface area contributed by atoms with E-state index < -0.39 is 41.4 Å². The van der Waals surface area contributed by atoms with Gasteiger partial charge in [0, 0.05) is 17.9 Å². The van der Waals surface area contributed by atoms with Crippen LogP contribution in [0.4, 0.5) is 26.3 Å². The Morgan fingerprint density at radius 2 is 1.84 bits per heavy atom. The van der Waals surface area contributed by atoms with E-state index in [0.717, 1.165) is 16.7 Å². The van der Waals surface area contributed by atoms with E-state index in [4.69, 9.17) is 16.3 Å². The van der Waals surface area contributed by atoms with E-state index in [-0.39, 0.29) is 36.7 Å². The smallest absolute Gasteiger partial charge is 0.362 e. The molecule has 0 aliphatic carbocycles. The van der Waals surface area contributed by atoms with Crippen LogP contribution in [0.5, 0.6) is 0 Å². The third-order valence-electron chi connectivity index (χ3n) is 7.56. The fourth-order valence-corrected chi connectivity index (χ4v) is 6.38. The summed E-state index contributed by atoms with van der Waals surface area (Å²) in [4.78, 5) is 13.5. The summed E-state index contributed by atoms with van der Waals surface area (Å²) in [5, 5.41) is 0.268. The number of carbonyl (C=O) groups excluding carboxylic acids is 1. The Kier molecular flexibility index (Phi) is 6.59. The Morgan fingerprint density at radius 1 is 1.13 bits per heavy atom. The first-order chi connectivity index (χ1) is 17.6. The monoisotopic (exact) mass is 576 g/mol. The number of amides is 1. The highest BCUT2D eigenvalue weighted by Crippen LogP contribution is 2.57. The topological polar surface area (TPSA) is 41.9 Å². The minimum absolute atomic E-state index is 0.0510. The van der Waals surface area contributed by atoms with Crippen LogP contribution in [0, 0.1) is 13.8 Å². The lowest BCUT2D eigenvalue weighted by Gasteiger charge is -2.47. The highest BCUT2D eigenvalue weighted by molar-refractivity contribution is 7.99. The number of nitrogens with zero attached hydrogens (tertiary/aromatic N) is 2. The molecular weight excluding hydrogens is 554 g/mol. The molecule has 0 saturated carbocycles. The largest absolute Gasteiger partial charge is 0.409 e. The number of likely N-dealkylation sites (tertiary alicyclic amines) is 1. The SMILES string of the molecule is Cc1cc(C2(C(F)(F)F)CC(c3ccc4c(c3)COC43CN(C(=O)CCC(F)(F)F)C3)=NS2)cc(Cl)c1C. The van der Waals surface area contributed by atoms with Gasteiger partial charge in [-0.3, -0.25) is 4.79 Å². The average molecular weight is 577 g/mol. The van der Waals surface area contributed by atoms with Crippen molar-refractivity contribution in [3.63, 3.8) is 0 Å². The van der Waals surface area contributed by atoms with Crippen molar-refractivity contribution in [1.82, 2.24) is 4.90 Å². The molecule has 1 atom stereocenters. The number of rotatable bonds is 4. The molecule has 1 unspecified atom stereocenters. The fourth-order valence-electron chi connectivity index (χ4n) is 5.15. The number of hydrogen-bond acceptors (Lipinski definition) is 4. The van der Waals surface area contributed by atoms with Gasteiger partial charge in [0.25, 0.3) is 0 Å². The first kappa shape index (κ1) is 27.3. The molecule has 38 heavy (non-hydrogen) atoms. The van der Waals surface area contributed by atoms with Crippen molar-refractivity contribution in [1.29, 1.82) is 0 Å². The van der Waals surface area contributed by atoms with Crippen molar-refractivity contribution < 1.29 is 35.9 Å². The highest BCUT2D eigenvalue weighted by Gasteiger charge is 2.60. The van der Waals surface area contributed by atoms with Gasteiger partial charge in [0.05, 0.1) is 31.8 Å². The molecule has 1 saturated heterocycles. The van der Waals surface area contributed by atoms with Crippen molar-refractivity contribution in [3.05, 3.63) is 68.7 Å². The Labute approximate surface area is 224 Å². The molecule has 2 aromatic rings. The third kappa shape index (κ3) is 4.60. The Balaban J connectivity index is 1.34. The molecule has 3 aliphatic heterocycles. The minimum Gasteiger partial charge on any atom is -0.362 e. The van der Waals surface area contributed by atoms with Crippen LogP contribution in [0.25, 0.3) is 0 Å². The summed E-state index contributed by atoms with van der Waals surface area (Å²) >= 11 is 6.72. The Bertz CT molecular complexity index is 1310. The van der Waals surface area contributed by atoms with Crippen LogP contribution in [-0.4, -0.2) is 42.0 Å². The first-order valence-corrected chi connectivity index (χ1v) is 13.0. The highest BCUT2D eigenvalue weighted by atomic mass is 35.5. The van der Waals surface area contributed by atoms with Gasteiger partial charge in [-0.05, 0) is 71.3 Å². The number of fused-ring (bicyclic) bond motifs is 2. The van der Waals surface area contributed by atoms with E-state index in [0.29, 0.717) is 28.8 Å². The Morgan fingerprint density at radius 3 is 2.47 bits per heavy atom. The number of alkyl halides is 6. The number of halogens is 7. The maximum Gasteiger partial charge on any atom is 0.409 e. The van der Waals surface area contributed by atoms with Crippen LogP contribution in [0.1, 0.15) is 52.6 Å². The van der Waals surface area contributed by atoms with Crippen molar-refractivity contribution in [3.8, 4) is 0 Å². The van der Waals surface area contributed by atoms with Crippen molar-refractivity contribution in [2.24, 2.45) is 4.40 Å². The van der Waals surface area contributed by atoms with E-state index in [1.807, 2.05) is 0 Å². The van der Waals surface area contributed by atoms with Gasteiger partial charge in [0.1, 0.15) is 5.60 Å². The van der Waals surface area contributed by atoms with Gasteiger partial charge in [0.2, 0.25) is 5.91 Å². The van der Waals surface area contributed by atoms with Gasteiger partial charge in [-0.1, -0.05) is 29.8 Å². The molecular formula is C26H23ClF6N2O2S. The summed E-state index contributed by atoms with van der Waals surface area (Å²) in [6.45, 7) is 3.93. The summed E-state index contributed by atoms with van der Waals surface area (Å²) in [5.74, 6) is -0.589. The predicted octanol–water partition coefficient (Wildman–Crippen LogP) is 7.17. The van der Waals surface area contributed by atoms with Gasteiger partial charge < -0.3 is 9.64 Å². The maximum absolute atomic E-state index is 14.5. The summed E-state index contributed by atoms with van der Waals surface area (Å²) in [5.41, 5.74) is 3.01. The van der Waals surface area contributed by atoms with Crippen LogP contribution in [0.3, 0.4) is 0 Å². The van der Waals surface area contributed by atoms with Crippen molar-refractivity contribution >= 4 is 35.2 Å². The van der Waals surface area contributed by atoms with E-state index in [1.54, 1.807) is 32.0 Å². The predicted molar refractivity (Wildman–Crippen MR) is 132 cm³/mol. The van der Waals surface area contributed by atoms with E-state index >= 15 is 0 Å². The van der Waals surface area contributed by atoms with E-state index in [9.17, 15) is 31.1 Å². The zero-order valence-electron chi connectivity index (χ0n) is 20.4. The maximum atomic E-state index is 14.5. The molecule has 12 heteroatoms. The second-order valence-electron chi connectivity index (χ2n) is 10.1. The lowest BCUT2D eigenvalue weighted by atomic mass is 9.83. The number of ether oxygens (including phenoxy) is 1. The molecule has 2 aromatic carbocycles. The summed E-state index contributed by atoms with van der Waals surface area (Å²) < 4.78 is 88.7. The quantitative estimate of drug-likeness (QED) is 0.286. The lowest BCUT2D eigenvalue weighted by Crippen LogP contribution is -2.61. The van der Waals surface area contributed by atoms with Crippen LogP contribution in [0.15, 0.2) is 34.7 Å². The number of hydrogen-bond donors (Lipinski definition) is 0. The minimum atomic E-state index is -4.59. The standard InChI is InChI=1S/C26H23ClF6N2O2S/c1-14-7-18(9-20(27)15(14)2)24(26(31,32)33)10-21(34-38-24)16-3-4-19-17(8-16)11-37-23(19)12-35(13-23)22(36)5-6-25(28,29)30/h3-4,7-9H,5-6,10-13H2,1-2H3. The number of aryl methyl sites for hydroxylation is 1. The molecule has 3 aliphatic rings. The molecule has 0 N–H and O–H groups in total. The summed E-state index contributed by atoms with van der Waals surface area (Å²) in [6.07, 6.45) is -11.2. The molecule has 1 spiro atoms. The lowest BCUT2D eigenvalue weighted by molar-refractivity contribution is -0.174. The first-order valence-electron chi connectivity index (χ1n) is 11.9. The zero-order chi connectivity index (χ0) is 27.7. The zero-order valence-corrected chi connectivity index (χ0v) is 22.0. The van der Waals surface area contributed by atoms with Crippen molar-refractivity contribution in [2.45, 2.75) is 62.4 Å². The van der Waals surface area contributed by atoms with Crippen molar-refractivity contribution in [2.75, 3.05) is 13.1 Å². The van der Waals surface area contributed by atoms with Crippen LogP contribution >= 0.6 is 23.5 Å². The fraction of sp³-hybridized carbons (Fsp3) is 0.462. The van der Waals surface area contributed by atoms with Gasteiger partial charge in [-0.25, -0.2) is 4.40 Å². The second kappa shape index (κ2) is 9.16. The molecule has 1 amide bonds. The molecule has 0 aromatic heterocycles. The molecule has 3 heterocycles. The molecule has 0 bridgehead atoms. The average Bonchev–Trinajstić information content (AvgIpc) is 3.42. The van der Waals surface area contributed by atoms with Crippen LogP contribution < -0.4 is 0 Å². The van der Waals surface area contributed by atoms with E-state index in [2.05, 4.69) is 4.40 Å². The second-order valence-corrected chi connectivity index (χ2v) is 11.5. The van der Waals surface area contributed by atoms with Crippen LogP contribution in [-0.2, 0) is 26.5 Å². The van der Waals surface area contributed by atoms with Crippen LogP contribution in [0.2, 0.25) is 5.02 Å². The number of benzene rings is 2. The Hall–Kier alpha value is -2.24. The molecule has 5 rings (SSSR count). The van der Waals surface area contributed by atoms with Gasteiger partial charge >= 0.3 is 12.4 Å². The third-order valence-corrected chi connectivity index (χ3v) is 9.18. The number of carbonyl (C=O) groups is 1. The van der Waals surface area contributed by atoms with Gasteiger partial charge in [0.15, 0.2) is 4.75 Å². The summed E-state index contributed by atoms with van der Waals surface area (Å²) in [7, 11) is 0.